The minimum absolute atomic E-state index is 0.224. The molecule has 0 saturated carbocycles. The van der Waals surface area contributed by atoms with Crippen molar-refractivity contribution in [1.82, 2.24) is 5.32 Å². The summed E-state index contributed by atoms with van der Waals surface area (Å²) in [4.78, 5) is 0. The van der Waals surface area contributed by atoms with E-state index in [1.54, 1.807) is 6.07 Å². The Morgan fingerprint density at radius 2 is 2.11 bits per heavy atom. The summed E-state index contributed by atoms with van der Waals surface area (Å²) in [5.74, 6) is 0. The number of hydrogen-bond donors (Lipinski definition) is 1. The van der Waals surface area contributed by atoms with Crippen LogP contribution in [0.1, 0.15) is 30.4 Å². The lowest BCUT2D eigenvalue weighted by atomic mass is 10.1. The van der Waals surface area contributed by atoms with Crippen molar-refractivity contribution in [3.8, 4) is 0 Å². The maximum Gasteiger partial charge on any atom is 0.416 e. The smallest absolute Gasteiger partial charge is 0.375 e. The maximum absolute atomic E-state index is 12.5. The van der Waals surface area contributed by atoms with Gasteiger partial charge in [-0.1, -0.05) is 18.6 Å². The number of alkyl halides is 3. The van der Waals surface area contributed by atoms with Gasteiger partial charge in [0, 0.05) is 6.04 Å². The highest BCUT2D eigenvalue weighted by atomic mass is 19.4. The molecule has 1 fully saturated rings. The molecule has 0 spiro atoms. The molecular formula is C14H18F3NO. The van der Waals surface area contributed by atoms with Crippen LogP contribution in [0.5, 0.6) is 0 Å². The highest BCUT2D eigenvalue weighted by Crippen LogP contribution is 2.29. The highest BCUT2D eigenvalue weighted by molar-refractivity contribution is 5.25. The molecule has 1 unspecified atom stereocenters. The molecule has 1 aliphatic rings. The van der Waals surface area contributed by atoms with E-state index in [4.69, 9.17) is 4.74 Å². The molecule has 106 valence electrons. The van der Waals surface area contributed by atoms with E-state index in [-0.39, 0.29) is 6.61 Å². The Labute approximate surface area is 111 Å². The fourth-order valence-electron chi connectivity index (χ4n) is 2.22. The molecule has 0 amide bonds. The second-order valence-corrected chi connectivity index (χ2v) is 4.86. The van der Waals surface area contributed by atoms with Crippen molar-refractivity contribution < 1.29 is 17.9 Å². The van der Waals surface area contributed by atoms with Crippen molar-refractivity contribution >= 4 is 0 Å². The van der Waals surface area contributed by atoms with E-state index in [0.29, 0.717) is 18.2 Å². The number of rotatable bonds is 4. The third kappa shape index (κ3) is 4.51. The number of piperidine rings is 1. The summed E-state index contributed by atoms with van der Waals surface area (Å²) in [6.45, 7) is 1.77. The minimum Gasteiger partial charge on any atom is -0.375 e. The average molecular weight is 273 g/mol. The number of halogens is 3. The van der Waals surface area contributed by atoms with Gasteiger partial charge >= 0.3 is 6.18 Å². The largest absolute Gasteiger partial charge is 0.416 e. The van der Waals surface area contributed by atoms with Crippen LogP contribution in [-0.4, -0.2) is 19.2 Å². The molecule has 0 radical (unpaired) electrons. The number of nitrogens with one attached hydrogen (secondary N) is 1. The van der Waals surface area contributed by atoms with Crippen LogP contribution in [0.4, 0.5) is 13.2 Å². The Morgan fingerprint density at radius 1 is 1.26 bits per heavy atom. The Bertz CT molecular complexity index is 400. The molecule has 5 heteroatoms. The Balaban J connectivity index is 1.82. The van der Waals surface area contributed by atoms with E-state index >= 15 is 0 Å². The zero-order valence-corrected chi connectivity index (χ0v) is 10.7. The van der Waals surface area contributed by atoms with Crippen LogP contribution >= 0.6 is 0 Å². The van der Waals surface area contributed by atoms with Crippen LogP contribution in [0.2, 0.25) is 0 Å². The molecule has 19 heavy (non-hydrogen) atoms. The molecular weight excluding hydrogens is 255 g/mol. The van der Waals surface area contributed by atoms with E-state index in [9.17, 15) is 13.2 Å². The van der Waals surface area contributed by atoms with Crippen LogP contribution < -0.4 is 5.32 Å². The normalized spacial score (nSPS) is 20.5. The van der Waals surface area contributed by atoms with Gasteiger partial charge in [-0.25, -0.2) is 0 Å². The SMILES string of the molecule is FC(F)(F)c1cccc(COCC2CCCCN2)c1. The first kappa shape index (κ1) is 14.3. The summed E-state index contributed by atoms with van der Waals surface area (Å²) in [5, 5.41) is 3.34. The molecule has 0 aromatic heterocycles. The first-order valence-electron chi connectivity index (χ1n) is 6.53. The van der Waals surface area contributed by atoms with Crippen LogP contribution in [0.25, 0.3) is 0 Å². The molecule has 0 bridgehead atoms. The number of hydrogen-bond acceptors (Lipinski definition) is 2. The predicted molar refractivity (Wildman–Crippen MR) is 66.7 cm³/mol. The monoisotopic (exact) mass is 273 g/mol. The second-order valence-electron chi connectivity index (χ2n) is 4.86. The molecule has 1 aromatic rings. The summed E-state index contributed by atoms with van der Waals surface area (Å²) in [6.07, 6.45) is -0.849. The Morgan fingerprint density at radius 3 is 2.79 bits per heavy atom. The lowest BCUT2D eigenvalue weighted by molar-refractivity contribution is -0.137. The fraction of sp³-hybridized carbons (Fsp3) is 0.571. The van der Waals surface area contributed by atoms with Crippen molar-refractivity contribution in [3.05, 3.63) is 35.4 Å². The fourth-order valence-corrected chi connectivity index (χ4v) is 2.22. The summed E-state index contributed by atoms with van der Waals surface area (Å²) in [7, 11) is 0. The summed E-state index contributed by atoms with van der Waals surface area (Å²) < 4.78 is 43.1. The standard InChI is InChI=1S/C14H18F3NO/c15-14(16,17)12-5-3-4-11(8-12)9-19-10-13-6-1-2-7-18-13/h3-5,8,13,18H,1-2,6-7,9-10H2. The molecule has 0 aliphatic carbocycles. The zero-order chi connectivity index (χ0) is 13.7. The molecule has 1 aromatic carbocycles. The van der Waals surface area contributed by atoms with E-state index in [2.05, 4.69) is 5.32 Å². The van der Waals surface area contributed by atoms with Gasteiger partial charge in [-0.3, -0.25) is 0 Å². The van der Waals surface area contributed by atoms with Gasteiger partial charge in [0.25, 0.3) is 0 Å². The van der Waals surface area contributed by atoms with Gasteiger partial charge in [-0.2, -0.15) is 13.2 Å². The molecule has 1 atom stereocenters. The summed E-state index contributed by atoms with van der Waals surface area (Å²) in [5.41, 5.74) is -0.0602. The molecule has 1 saturated heterocycles. The van der Waals surface area contributed by atoms with Gasteiger partial charge in [-0.05, 0) is 37.1 Å². The topological polar surface area (TPSA) is 21.3 Å². The summed E-state index contributed by atoms with van der Waals surface area (Å²) in [6, 6.07) is 5.63. The van der Waals surface area contributed by atoms with E-state index in [1.165, 1.54) is 18.9 Å². The maximum atomic E-state index is 12.5. The van der Waals surface area contributed by atoms with Gasteiger partial charge in [0.1, 0.15) is 0 Å². The van der Waals surface area contributed by atoms with Gasteiger partial charge < -0.3 is 10.1 Å². The molecule has 1 N–H and O–H groups in total. The van der Waals surface area contributed by atoms with Crippen molar-refractivity contribution in [3.63, 3.8) is 0 Å². The minimum atomic E-state index is -4.29. The van der Waals surface area contributed by atoms with Crippen molar-refractivity contribution in [1.29, 1.82) is 0 Å². The van der Waals surface area contributed by atoms with Crippen LogP contribution in [0.3, 0.4) is 0 Å². The summed E-state index contributed by atoms with van der Waals surface area (Å²) >= 11 is 0. The van der Waals surface area contributed by atoms with Crippen molar-refractivity contribution in [2.45, 2.75) is 38.1 Å². The average Bonchev–Trinajstić information content (AvgIpc) is 2.39. The second kappa shape index (κ2) is 6.39. The van der Waals surface area contributed by atoms with E-state index in [1.807, 2.05) is 0 Å². The Kier molecular flexibility index (Phi) is 4.82. The third-order valence-corrected chi connectivity index (χ3v) is 3.25. The lowest BCUT2D eigenvalue weighted by Gasteiger charge is -2.23. The molecule has 1 heterocycles. The highest BCUT2D eigenvalue weighted by Gasteiger charge is 2.30. The molecule has 2 nitrogen and oxygen atoms in total. The first-order valence-corrected chi connectivity index (χ1v) is 6.53. The number of benzene rings is 1. The third-order valence-electron chi connectivity index (χ3n) is 3.25. The van der Waals surface area contributed by atoms with Crippen molar-refractivity contribution in [2.75, 3.05) is 13.2 Å². The van der Waals surface area contributed by atoms with E-state index < -0.39 is 11.7 Å². The molecule has 2 rings (SSSR count). The predicted octanol–water partition coefficient (Wildman–Crippen LogP) is 3.36. The first-order chi connectivity index (χ1) is 9.05. The van der Waals surface area contributed by atoms with Gasteiger partial charge in [0.05, 0.1) is 18.8 Å². The molecule has 1 aliphatic heterocycles. The van der Waals surface area contributed by atoms with Gasteiger partial charge in [-0.15, -0.1) is 0 Å². The lowest BCUT2D eigenvalue weighted by Crippen LogP contribution is -2.37. The van der Waals surface area contributed by atoms with E-state index in [0.717, 1.165) is 25.1 Å². The zero-order valence-electron chi connectivity index (χ0n) is 10.7. The van der Waals surface area contributed by atoms with Gasteiger partial charge in [0.15, 0.2) is 0 Å². The van der Waals surface area contributed by atoms with Crippen LogP contribution in [0.15, 0.2) is 24.3 Å². The Hall–Kier alpha value is -1.07. The van der Waals surface area contributed by atoms with Crippen molar-refractivity contribution in [2.24, 2.45) is 0 Å². The number of ether oxygens (including phenoxy) is 1. The van der Waals surface area contributed by atoms with Crippen LogP contribution in [0, 0.1) is 0 Å². The van der Waals surface area contributed by atoms with Crippen LogP contribution in [-0.2, 0) is 17.5 Å². The van der Waals surface area contributed by atoms with Gasteiger partial charge in [0.2, 0.25) is 0 Å². The quantitative estimate of drug-likeness (QED) is 0.908.